The van der Waals surface area contributed by atoms with E-state index < -0.39 is 5.97 Å². The number of hydrogen-bond acceptors (Lipinski definition) is 2. The Kier molecular flexibility index (Phi) is 4.00. The average molecular weight is 122 g/mol. The topological polar surface area (TPSA) is 26.3 Å². The third kappa shape index (κ3) is 4.44. The van der Waals surface area contributed by atoms with E-state index in [1.807, 2.05) is 0 Å². The quantitative estimate of drug-likeness (QED) is 0.266. The van der Waals surface area contributed by atoms with E-state index in [1.54, 1.807) is 13.8 Å². The Bertz CT molecular complexity index is 207. The van der Waals surface area contributed by atoms with E-state index in [4.69, 9.17) is 0 Å². The number of carbonyl (C=O) groups is 1. The Morgan fingerprint density at radius 2 is 2.00 bits per heavy atom. The van der Waals surface area contributed by atoms with Crippen LogP contribution in [-0.4, -0.2) is 5.97 Å². The van der Waals surface area contributed by atoms with Crippen LogP contribution in [0.15, 0.2) is 0 Å². The molecule has 0 spiro atoms. The van der Waals surface area contributed by atoms with Crippen LogP contribution in [0.5, 0.6) is 0 Å². The standard InChI is InChI=1S/C7H6O2/c1-3-5-7(8)9-6-4-2/h1-2H3. The highest BCUT2D eigenvalue weighted by molar-refractivity contribution is 5.88. The van der Waals surface area contributed by atoms with Crippen LogP contribution in [-0.2, 0) is 9.53 Å². The van der Waals surface area contributed by atoms with Crippen LogP contribution in [0.25, 0.3) is 0 Å². The summed E-state index contributed by atoms with van der Waals surface area (Å²) < 4.78 is 4.26. The van der Waals surface area contributed by atoms with Crippen molar-refractivity contribution in [3.05, 3.63) is 0 Å². The first-order valence-corrected chi connectivity index (χ1v) is 2.36. The highest BCUT2D eigenvalue weighted by Gasteiger charge is 1.88. The van der Waals surface area contributed by atoms with E-state index >= 15 is 0 Å². The van der Waals surface area contributed by atoms with Gasteiger partial charge in [0.25, 0.3) is 0 Å². The third-order valence-electron chi connectivity index (χ3n) is 0.473. The summed E-state index contributed by atoms with van der Waals surface area (Å²) in [6.45, 7) is 3.13. The molecule has 0 saturated carbocycles. The van der Waals surface area contributed by atoms with Gasteiger partial charge in [-0.25, -0.2) is 4.79 Å². The normalized spacial score (nSPS) is 5.56. The fourth-order valence-electron chi connectivity index (χ4n) is 0.225. The Labute approximate surface area is 54.2 Å². The number of ether oxygens (including phenoxy) is 1. The van der Waals surface area contributed by atoms with Crippen LogP contribution < -0.4 is 0 Å². The second-order valence-corrected chi connectivity index (χ2v) is 1.12. The van der Waals surface area contributed by atoms with Crippen molar-refractivity contribution in [2.75, 3.05) is 0 Å². The Morgan fingerprint density at radius 3 is 2.44 bits per heavy atom. The van der Waals surface area contributed by atoms with Gasteiger partial charge in [0.15, 0.2) is 0 Å². The fourth-order valence-corrected chi connectivity index (χ4v) is 0.225. The van der Waals surface area contributed by atoms with Crippen LogP contribution in [0.2, 0.25) is 0 Å². The summed E-state index contributed by atoms with van der Waals surface area (Å²) in [5.41, 5.74) is 0. The predicted molar refractivity (Wildman–Crippen MR) is 33.0 cm³/mol. The number of carbonyl (C=O) groups excluding carboxylic acids is 1. The lowest BCUT2D eigenvalue weighted by Crippen LogP contribution is -1.93. The zero-order chi connectivity index (χ0) is 7.11. The SMILES string of the molecule is CC#COC(=O)C#CC. The monoisotopic (exact) mass is 122 g/mol. The van der Waals surface area contributed by atoms with E-state index in [0.717, 1.165) is 0 Å². The van der Waals surface area contributed by atoms with Crippen LogP contribution in [0.4, 0.5) is 0 Å². The largest absolute Gasteiger partial charge is 0.398 e. The molecular weight excluding hydrogens is 116 g/mol. The molecule has 0 aliphatic heterocycles. The van der Waals surface area contributed by atoms with E-state index in [0.29, 0.717) is 0 Å². The van der Waals surface area contributed by atoms with Gasteiger partial charge in [-0.1, -0.05) is 11.8 Å². The molecule has 9 heavy (non-hydrogen) atoms. The molecule has 0 rings (SSSR count). The highest BCUT2D eigenvalue weighted by Crippen LogP contribution is 1.70. The lowest BCUT2D eigenvalue weighted by molar-refractivity contribution is -0.130. The van der Waals surface area contributed by atoms with Gasteiger partial charge < -0.3 is 4.74 Å². The molecule has 0 aliphatic carbocycles. The summed E-state index contributed by atoms with van der Waals surface area (Å²) in [6.07, 6.45) is 2.13. The maximum Gasteiger partial charge on any atom is 0.398 e. The Balaban J connectivity index is 3.69. The number of hydrogen-bond donors (Lipinski definition) is 0. The first-order chi connectivity index (χ1) is 4.31. The summed E-state index contributed by atoms with van der Waals surface area (Å²) >= 11 is 0. The van der Waals surface area contributed by atoms with Crippen LogP contribution in [0.3, 0.4) is 0 Å². The second kappa shape index (κ2) is 4.74. The molecule has 2 nitrogen and oxygen atoms in total. The Morgan fingerprint density at radius 1 is 1.33 bits per heavy atom. The summed E-state index contributed by atoms with van der Waals surface area (Å²) in [4.78, 5) is 10.3. The van der Waals surface area contributed by atoms with E-state index in [2.05, 4.69) is 28.6 Å². The number of esters is 1. The van der Waals surface area contributed by atoms with Crippen molar-refractivity contribution in [1.82, 2.24) is 0 Å². The Hall–Kier alpha value is -1.41. The lowest BCUT2D eigenvalue weighted by Gasteiger charge is -1.80. The van der Waals surface area contributed by atoms with E-state index in [9.17, 15) is 4.79 Å². The molecule has 0 amide bonds. The van der Waals surface area contributed by atoms with Gasteiger partial charge in [0.05, 0.1) is 0 Å². The van der Waals surface area contributed by atoms with Gasteiger partial charge in [0.1, 0.15) is 6.11 Å². The highest BCUT2D eigenvalue weighted by atomic mass is 16.5. The minimum Gasteiger partial charge on any atom is -0.362 e. The molecule has 0 heterocycles. The van der Waals surface area contributed by atoms with Gasteiger partial charge in [-0.3, -0.25) is 0 Å². The zero-order valence-corrected chi connectivity index (χ0v) is 5.32. The van der Waals surface area contributed by atoms with Crippen LogP contribution in [0, 0.1) is 23.9 Å². The second-order valence-electron chi connectivity index (χ2n) is 1.12. The molecule has 2 heteroatoms. The predicted octanol–water partition coefficient (Wildman–Crippen LogP) is 0.534. The molecular formula is C7H6O2. The van der Waals surface area contributed by atoms with Crippen molar-refractivity contribution < 1.29 is 9.53 Å². The molecule has 46 valence electrons. The average Bonchev–Trinajstić information content (AvgIpc) is 1.85. The summed E-state index contributed by atoms with van der Waals surface area (Å²) in [7, 11) is 0. The maximum atomic E-state index is 10.3. The van der Waals surface area contributed by atoms with Crippen molar-refractivity contribution in [3.63, 3.8) is 0 Å². The van der Waals surface area contributed by atoms with Gasteiger partial charge in [-0.2, -0.15) is 0 Å². The van der Waals surface area contributed by atoms with Crippen LogP contribution in [0.1, 0.15) is 13.8 Å². The zero-order valence-electron chi connectivity index (χ0n) is 5.32. The molecule has 0 N–H and O–H groups in total. The van der Waals surface area contributed by atoms with Crippen LogP contribution >= 0.6 is 0 Å². The molecule has 0 aromatic carbocycles. The van der Waals surface area contributed by atoms with E-state index in [1.165, 1.54) is 0 Å². The van der Waals surface area contributed by atoms with Crippen molar-refractivity contribution in [3.8, 4) is 23.9 Å². The summed E-state index contributed by atoms with van der Waals surface area (Å²) in [6, 6.07) is 0. The first-order valence-electron chi connectivity index (χ1n) is 2.36. The molecule has 0 radical (unpaired) electrons. The maximum absolute atomic E-state index is 10.3. The first kappa shape index (κ1) is 7.59. The smallest absolute Gasteiger partial charge is 0.362 e. The van der Waals surface area contributed by atoms with Crippen molar-refractivity contribution in [2.24, 2.45) is 0 Å². The van der Waals surface area contributed by atoms with Crippen molar-refractivity contribution in [2.45, 2.75) is 13.8 Å². The molecule has 0 aliphatic rings. The molecule has 0 atom stereocenters. The van der Waals surface area contributed by atoms with E-state index in [-0.39, 0.29) is 0 Å². The fraction of sp³-hybridized carbons (Fsp3) is 0.286. The summed E-state index contributed by atoms with van der Waals surface area (Å²) in [5, 5.41) is 0. The number of rotatable bonds is 0. The van der Waals surface area contributed by atoms with Gasteiger partial charge in [-0.05, 0) is 6.92 Å². The molecule has 0 aromatic heterocycles. The molecule has 0 aromatic rings. The van der Waals surface area contributed by atoms with Gasteiger partial charge in [-0.15, -0.1) is 0 Å². The molecule has 0 fully saturated rings. The lowest BCUT2D eigenvalue weighted by atomic mass is 10.6. The van der Waals surface area contributed by atoms with Gasteiger partial charge in [0, 0.05) is 12.8 Å². The van der Waals surface area contributed by atoms with Crippen molar-refractivity contribution >= 4 is 5.97 Å². The summed E-state index contributed by atoms with van der Waals surface area (Å²) in [5.74, 6) is 6.34. The third-order valence-corrected chi connectivity index (χ3v) is 0.473. The molecule has 0 bridgehead atoms. The van der Waals surface area contributed by atoms with Gasteiger partial charge in [0.2, 0.25) is 0 Å². The molecule has 0 unspecified atom stereocenters. The molecule has 0 saturated heterocycles. The minimum absolute atomic E-state index is 0.605. The van der Waals surface area contributed by atoms with Gasteiger partial charge >= 0.3 is 5.97 Å². The van der Waals surface area contributed by atoms with Crippen molar-refractivity contribution in [1.29, 1.82) is 0 Å². The minimum atomic E-state index is -0.605.